The number of fused-ring (bicyclic) bond motifs is 1. The second kappa shape index (κ2) is 3.89. The predicted octanol–water partition coefficient (Wildman–Crippen LogP) is -0.122. The maximum absolute atomic E-state index is 5.45. The summed E-state index contributed by atoms with van der Waals surface area (Å²) < 4.78 is 2.19. The lowest BCUT2D eigenvalue weighted by Gasteiger charge is -2.13. The average molecular weight is 180 g/mol. The fourth-order valence-electron chi connectivity index (χ4n) is 1.65. The second-order valence-electron chi connectivity index (χ2n) is 3.42. The van der Waals surface area contributed by atoms with Crippen LogP contribution in [0.2, 0.25) is 0 Å². The Morgan fingerprint density at radius 2 is 2.54 bits per heavy atom. The van der Waals surface area contributed by atoms with Crippen molar-refractivity contribution in [3.63, 3.8) is 0 Å². The molecular weight excluding hydrogens is 164 g/mol. The van der Waals surface area contributed by atoms with Crippen LogP contribution in [0.1, 0.15) is 17.9 Å². The number of nitrogens with zero attached hydrogens (tertiary/aromatic N) is 2. The van der Waals surface area contributed by atoms with Gasteiger partial charge in [0.15, 0.2) is 0 Å². The summed E-state index contributed by atoms with van der Waals surface area (Å²) in [5, 5.41) is 3.31. The number of hydrogen-bond donors (Lipinski definition) is 2. The number of nitrogens with one attached hydrogen (secondary N) is 1. The molecule has 1 aromatic rings. The van der Waals surface area contributed by atoms with Crippen LogP contribution in [0, 0.1) is 0 Å². The minimum atomic E-state index is 0.750. The molecule has 0 fully saturated rings. The van der Waals surface area contributed by atoms with Gasteiger partial charge in [-0.15, -0.1) is 0 Å². The van der Waals surface area contributed by atoms with Crippen LogP contribution in [0.3, 0.4) is 0 Å². The molecule has 0 spiro atoms. The van der Waals surface area contributed by atoms with Crippen molar-refractivity contribution in [1.29, 1.82) is 0 Å². The van der Waals surface area contributed by atoms with Crippen molar-refractivity contribution in [2.24, 2.45) is 5.73 Å². The third kappa shape index (κ3) is 1.89. The summed E-state index contributed by atoms with van der Waals surface area (Å²) >= 11 is 0. The lowest BCUT2D eigenvalue weighted by atomic mass is 10.2. The van der Waals surface area contributed by atoms with Crippen molar-refractivity contribution in [1.82, 2.24) is 14.9 Å². The van der Waals surface area contributed by atoms with Gasteiger partial charge in [-0.3, -0.25) is 5.32 Å². The van der Waals surface area contributed by atoms with Crippen molar-refractivity contribution in [3.8, 4) is 0 Å². The van der Waals surface area contributed by atoms with Crippen LogP contribution in [0.25, 0.3) is 0 Å². The molecule has 2 rings (SSSR count). The minimum Gasteiger partial charge on any atom is -0.330 e. The molecule has 0 unspecified atom stereocenters. The van der Waals surface area contributed by atoms with Crippen molar-refractivity contribution in [3.05, 3.63) is 17.7 Å². The maximum Gasteiger partial charge on any atom is 0.111 e. The van der Waals surface area contributed by atoms with Crippen LogP contribution in [0.5, 0.6) is 0 Å². The van der Waals surface area contributed by atoms with E-state index >= 15 is 0 Å². The molecule has 1 aliphatic heterocycles. The summed E-state index contributed by atoms with van der Waals surface area (Å²) in [7, 11) is 0. The molecule has 2 heterocycles. The third-order valence-electron chi connectivity index (χ3n) is 2.35. The van der Waals surface area contributed by atoms with E-state index in [0.717, 1.165) is 39.0 Å². The van der Waals surface area contributed by atoms with Gasteiger partial charge in [0.05, 0.1) is 12.4 Å². The minimum absolute atomic E-state index is 0.750. The Hall–Kier alpha value is -0.870. The van der Waals surface area contributed by atoms with E-state index in [2.05, 4.69) is 21.1 Å². The van der Waals surface area contributed by atoms with Crippen LogP contribution in [0.4, 0.5) is 0 Å². The zero-order chi connectivity index (χ0) is 9.10. The molecule has 1 aliphatic rings. The summed E-state index contributed by atoms with van der Waals surface area (Å²) in [6.07, 6.45) is 5.22. The summed E-state index contributed by atoms with van der Waals surface area (Å²) in [6, 6.07) is 0. The summed E-state index contributed by atoms with van der Waals surface area (Å²) in [6.45, 7) is 2.71. The molecule has 0 amide bonds. The Bertz CT molecular complexity index is 256. The number of aryl methyl sites for hydroxylation is 1. The van der Waals surface area contributed by atoms with E-state index in [1.165, 1.54) is 11.5 Å². The van der Waals surface area contributed by atoms with E-state index in [9.17, 15) is 0 Å². The highest BCUT2D eigenvalue weighted by molar-refractivity contribution is 5.06. The summed E-state index contributed by atoms with van der Waals surface area (Å²) in [5.41, 5.74) is 6.64. The first-order chi connectivity index (χ1) is 6.40. The van der Waals surface area contributed by atoms with Gasteiger partial charge in [-0.25, -0.2) is 4.98 Å². The molecule has 1 aromatic heterocycles. The normalized spacial score (nSPS) is 15.8. The maximum atomic E-state index is 5.45. The fourth-order valence-corrected chi connectivity index (χ4v) is 1.65. The van der Waals surface area contributed by atoms with E-state index in [-0.39, 0.29) is 0 Å². The standard InChI is InChI=1S/C9H16N4/c10-4-1-2-8-6-13-7-11-5-3-9(13)12-8/h6,11H,1-5,7,10H2. The quantitative estimate of drug-likeness (QED) is 0.681. The van der Waals surface area contributed by atoms with Crippen molar-refractivity contribution < 1.29 is 0 Å². The third-order valence-corrected chi connectivity index (χ3v) is 2.35. The van der Waals surface area contributed by atoms with E-state index < -0.39 is 0 Å². The molecule has 0 saturated carbocycles. The lowest BCUT2D eigenvalue weighted by Crippen LogP contribution is -2.28. The Labute approximate surface area is 78.1 Å². The van der Waals surface area contributed by atoms with E-state index in [4.69, 9.17) is 5.73 Å². The molecule has 4 nitrogen and oxygen atoms in total. The Kier molecular flexibility index (Phi) is 2.61. The molecule has 0 aliphatic carbocycles. The van der Waals surface area contributed by atoms with Gasteiger partial charge >= 0.3 is 0 Å². The highest BCUT2D eigenvalue weighted by Crippen LogP contribution is 2.08. The predicted molar refractivity (Wildman–Crippen MR) is 51.3 cm³/mol. The number of aromatic nitrogens is 2. The number of imidazole rings is 1. The Morgan fingerprint density at radius 3 is 3.31 bits per heavy atom. The first kappa shape index (κ1) is 8.72. The molecule has 3 N–H and O–H groups in total. The van der Waals surface area contributed by atoms with Crippen molar-refractivity contribution in [2.45, 2.75) is 25.9 Å². The van der Waals surface area contributed by atoms with E-state index in [1.807, 2.05) is 0 Å². The average Bonchev–Trinajstić information content (AvgIpc) is 2.57. The molecule has 0 atom stereocenters. The van der Waals surface area contributed by atoms with Gasteiger partial charge in [-0.2, -0.15) is 0 Å². The van der Waals surface area contributed by atoms with Crippen molar-refractivity contribution in [2.75, 3.05) is 13.1 Å². The monoisotopic (exact) mass is 180 g/mol. The summed E-state index contributed by atoms with van der Waals surface area (Å²) in [5.74, 6) is 1.21. The van der Waals surface area contributed by atoms with Gasteiger partial charge in [0, 0.05) is 19.2 Å². The molecule has 0 aromatic carbocycles. The Balaban J connectivity index is 2.07. The first-order valence-corrected chi connectivity index (χ1v) is 4.86. The lowest BCUT2D eigenvalue weighted by molar-refractivity contribution is 0.487. The number of nitrogens with two attached hydrogens (primary N) is 1. The molecule has 0 bridgehead atoms. The Morgan fingerprint density at radius 1 is 1.62 bits per heavy atom. The molecule has 0 saturated heterocycles. The summed E-state index contributed by atoms with van der Waals surface area (Å²) in [4.78, 5) is 4.56. The van der Waals surface area contributed by atoms with Crippen LogP contribution in [-0.2, 0) is 19.5 Å². The molecule has 13 heavy (non-hydrogen) atoms. The largest absolute Gasteiger partial charge is 0.330 e. The molecule has 72 valence electrons. The first-order valence-electron chi connectivity index (χ1n) is 4.86. The second-order valence-corrected chi connectivity index (χ2v) is 3.42. The van der Waals surface area contributed by atoms with Gasteiger partial charge < -0.3 is 10.3 Å². The van der Waals surface area contributed by atoms with Gasteiger partial charge in [-0.1, -0.05) is 0 Å². The van der Waals surface area contributed by atoms with E-state index in [0.29, 0.717) is 0 Å². The number of rotatable bonds is 3. The SMILES string of the molecule is NCCCc1cn2c(n1)CCNC2. The van der Waals surface area contributed by atoms with Gasteiger partial charge in [0.2, 0.25) is 0 Å². The molecule has 0 radical (unpaired) electrons. The van der Waals surface area contributed by atoms with Crippen LogP contribution in [-0.4, -0.2) is 22.6 Å². The van der Waals surface area contributed by atoms with Gasteiger partial charge in [-0.05, 0) is 19.4 Å². The zero-order valence-electron chi connectivity index (χ0n) is 7.79. The fraction of sp³-hybridized carbons (Fsp3) is 0.667. The zero-order valence-corrected chi connectivity index (χ0v) is 7.79. The molecule has 4 heteroatoms. The van der Waals surface area contributed by atoms with Crippen molar-refractivity contribution >= 4 is 0 Å². The van der Waals surface area contributed by atoms with Gasteiger partial charge in [0.25, 0.3) is 0 Å². The topological polar surface area (TPSA) is 55.9 Å². The molecular formula is C9H16N4. The smallest absolute Gasteiger partial charge is 0.111 e. The highest BCUT2D eigenvalue weighted by Gasteiger charge is 2.10. The highest BCUT2D eigenvalue weighted by atomic mass is 15.2. The van der Waals surface area contributed by atoms with E-state index in [1.54, 1.807) is 0 Å². The number of hydrogen-bond acceptors (Lipinski definition) is 3. The van der Waals surface area contributed by atoms with Crippen LogP contribution < -0.4 is 11.1 Å². The van der Waals surface area contributed by atoms with Crippen LogP contribution >= 0.6 is 0 Å². The van der Waals surface area contributed by atoms with Crippen LogP contribution in [0.15, 0.2) is 6.20 Å². The van der Waals surface area contributed by atoms with Gasteiger partial charge in [0.1, 0.15) is 5.82 Å².